The van der Waals surface area contributed by atoms with Crippen molar-refractivity contribution in [3.63, 3.8) is 0 Å². The highest BCUT2D eigenvalue weighted by atomic mass is 35.5. The molecule has 2 aromatic rings. The quantitative estimate of drug-likeness (QED) is 0.772. The molecule has 1 aromatic carbocycles. The molecular formula is C15H19ClN4O3S. The molecule has 0 aliphatic rings. The van der Waals surface area contributed by atoms with Crippen LogP contribution in [0, 0.1) is 0 Å². The monoisotopic (exact) mass is 370 g/mol. The van der Waals surface area contributed by atoms with Crippen molar-refractivity contribution < 1.29 is 13.2 Å². The van der Waals surface area contributed by atoms with E-state index in [1.54, 1.807) is 49.4 Å². The molecule has 7 nitrogen and oxygen atoms in total. The lowest BCUT2D eigenvalue weighted by molar-refractivity contribution is -0.128. The Kier molecular flexibility index (Phi) is 5.51. The zero-order valence-corrected chi connectivity index (χ0v) is 15.3. The highest BCUT2D eigenvalue weighted by Gasteiger charge is 2.23. The molecule has 2 rings (SSSR count). The van der Waals surface area contributed by atoms with Gasteiger partial charge in [-0.15, -0.1) is 0 Å². The summed E-state index contributed by atoms with van der Waals surface area (Å²) in [4.78, 5) is 13.9. The summed E-state index contributed by atoms with van der Waals surface area (Å²) in [6.07, 6.45) is 4.52. The van der Waals surface area contributed by atoms with Crippen LogP contribution in [0.2, 0.25) is 5.02 Å². The third-order valence-electron chi connectivity index (χ3n) is 3.38. The van der Waals surface area contributed by atoms with Gasteiger partial charge in [0, 0.05) is 37.4 Å². The number of nitrogens with zero attached hydrogens (tertiary/aromatic N) is 4. The van der Waals surface area contributed by atoms with E-state index in [1.165, 1.54) is 11.0 Å². The number of rotatable bonds is 6. The minimum atomic E-state index is -3.62. The van der Waals surface area contributed by atoms with Crippen LogP contribution in [0.4, 0.5) is 5.69 Å². The predicted molar refractivity (Wildman–Crippen MR) is 93.3 cm³/mol. The number of aryl methyl sites for hydroxylation is 1. The van der Waals surface area contributed by atoms with Gasteiger partial charge in [0.2, 0.25) is 15.9 Å². The molecule has 1 heterocycles. The number of amides is 1. The molecule has 1 aromatic heterocycles. The number of halogens is 1. The molecule has 9 heteroatoms. The van der Waals surface area contributed by atoms with E-state index in [9.17, 15) is 13.2 Å². The smallest absolute Gasteiger partial charge is 0.243 e. The second-order valence-corrected chi connectivity index (χ2v) is 7.86. The second-order valence-electron chi connectivity index (χ2n) is 5.52. The van der Waals surface area contributed by atoms with Crippen molar-refractivity contribution in [3.05, 3.63) is 47.2 Å². The average Bonchev–Trinajstić information content (AvgIpc) is 2.88. The van der Waals surface area contributed by atoms with Crippen LogP contribution in [0.15, 0.2) is 36.7 Å². The van der Waals surface area contributed by atoms with E-state index in [0.29, 0.717) is 17.3 Å². The van der Waals surface area contributed by atoms with Gasteiger partial charge in [0.05, 0.1) is 18.1 Å². The lowest BCUT2D eigenvalue weighted by Crippen LogP contribution is -2.41. The molecule has 0 N–H and O–H groups in total. The van der Waals surface area contributed by atoms with Gasteiger partial charge >= 0.3 is 0 Å². The Balaban J connectivity index is 2.15. The van der Waals surface area contributed by atoms with Crippen molar-refractivity contribution in [2.75, 3.05) is 24.2 Å². The molecule has 0 saturated carbocycles. The largest absolute Gasteiger partial charge is 0.340 e. The number of hydrogen-bond acceptors (Lipinski definition) is 4. The van der Waals surface area contributed by atoms with E-state index in [2.05, 4.69) is 5.10 Å². The summed E-state index contributed by atoms with van der Waals surface area (Å²) in [5.41, 5.74) is 1.22. The van der Waals surface area contributed by atoms with Gasteiger partial charge in [-0.05, 0) is 18.2 Å². The number of carbonyl (C=O) groups is 1. The molecular weight excluding hydrogens is 352 g/mol. The Bertz CT molecular complexity index is 835. The van der Waals surface area contributed by atoms with Crippen molar-refractivity contribution in [2.24, 2.45) is 7.05 Å². The second kappa shape index (κ2) is 7.23. The number of benzene rings is 1. The fourth-order valence-electron chi connectivity index (χ4n) is 2.19. The topological polar surface area (TPSA) is 75.5 Å². The molecule has 0 fully saturated rings. The highest BCUT2D eigenvalue weighted by Crippen LogP contribution is 2.21. The number of anilines is 1. The van der Waals surface area contributed by atoms with Crippen LogP contribution in [0.25, 0.3) is 0 Å². The number of aromatic nitrogens is 2. The van der Waals surface area contributed by atoms with Crippen molar-refractivity contribution in [1.29, 1.82) is 0 Å². The summed E-state index contributed by atoms with van der Waals surface area (Å²) in [5.74, 6) is -0.329. The minimum Gasteiger partial charge on any atom is -0.340 e. The zero-order chi connectivity index (χ0) is 17.9. The van der Waals surface area contributed by atoms with Crippen LogP contribution in [-0.2, 0) is 28.4 Å². The van der Waals surface area contributed by atoms with Gasteiger partial charge in [-0.25, -0.2) is 8.42 Å². The summed E-state index contributed by atoms with van der Waals surface area (Å²) < 4.78 is 26.8. The summed E-state index contributed by atoms with van der Waals surface area (Å²) in [6, 6.07) is 6.39. The molecule has 24 heavy (non-hydrogen) atoms. The standard InChI is InChI=1S/C15H19ClN4O3S/c1-18(9-12-8-17-19(2)10-12)15(21)11-20(24(3,22)23)14-6-4-5-13(16)7-14/h4-8,10H,9,11H2,1-3H3. The molecule has 0 saturated heterocycles. The molecule has 0 atom stereocenters. The van der Waals surface area contributed by atoms with Gasteiger partial charge in [0.1, 0.15) is 6.54 Å². The van der Waals surface area contributed by atoms with Crippen LogP contribution in [0.5, 0.6) is 0 Å². The van der Waals surface area contributed by atoms with Crippen molar-refractivity contribution in [3.8, 4) is 0 Å². The number of carbonyl (C=O) groups excluding carboxylic acids is 1. The maximum Gasteiger partial charge on any atom is 0.243 e. The van der Waals surface area contributed by atoms with Crippen LogP contribution in [-0.4, -0.2) is 48.9 Å². The molecule has 0 aliphatic heterocycles. The normalized spacial score (nSPS) is 11.3. The SMILES string of the molecule is CN(Cc1cnn(C)c1)C(=O)CN(c1cccc(Cl)c1)S(C)(=O)=O. The number of hydrogen-bond donors (Lipinski definition) is 0. The van der Waals surface area contributed by atoms with E-state index in [-0.39, 0.29) is 12.5 Å². The first-order chi connectivity index (χ1) is 11.2. The van der Waals surface area contributed by atoms with E-state index in [4.69, 9.17) is 11.6 Å². The summed E-state index contributed by atoms with van der Waals surface area (Å²) in [5, 5.41) is 4.44. The zero-order valence-electron chi connectivity index (χ0n) is 13.7. The average molecular weight is 371 g/mol. The molecule has 0 unspecified atom stereocenters. The molecule has 130 valence electrons. The summed E-state index contributed by atoms with van der Waals surface area (Å²) >= 11 is 5.92. The maximum absolute atomic E-state index is 12.4. The lowest BCUT2D eigenvalue weighted by atomic mass is 10.3. The van der Waals surface area contributed by atoms with Gasteiger partial charge in [0.25, 0.3) is 0 Å². The fraction of sp³-hybridized carbons (Fsp3) is 0.333. The van der Waals surface area contributed by atoms with Crippen molar-refractivity contribution in [2.45, 2.75) is 6.54 Å². The number of sulfonamides is 1. The van der Waals surface area contributed by atoms with Crippen molar-refractivity contribution in [1.82, 2.24) is 14.7 Å². The minimum absolute atomic E-state index is 0.296. The van der Waals surface area contributed by atoms with Crippen molar-refractivity contribution >= 4 is 33.2 Å². The Hall–Kier alpha value is -2.06. The summed E-state index contributed by atoms with van der Waals surface area (Å²) in [7, 11) is -0.215. The van der Waals surface area contributed by atoms with E-state index >= 15 is 0 Å². The third-order valence-corrected chi connectivity index (χ3v) is 4.75. The Morgan fingerprint density at radius 3 is 2.62 bits per heavy atom. The van der Waals surface area contributed by atoms with E-state index in [0.717, 1.165) is 16.1 Å². The van der Waals surface area contributed by atoms with Gasteiger partial charge in [-0.2, -0.15) is 5.10 Å². The van der Waals surface area contributed by atoms with Gasteiger partial charge in [-0.3, -0.25) is 13.8 Å². The van der Waals surface area contributed by atoms with Crippen LogP contribution in [0.3, 0.4) is 0 Å². The number of likely N-dealkylation sites (N-methyl/N-ethyl adjacent to an activating group) is 1. The molecule has 0 radical (unpaired) electrons. The lowest BCUT2D eigenvalue weighted by Gasteiger charge is -2.25. The summed E-state index contributed by atoms with van der Waals surface area (Å²) in [6.45, 7) is 0.0513. The molecule has 0 aliphatic carbocycles. The first-order valence-electron chi connectivity index (χ1n) is 7.11. The predicted octanol–water partition coefficient (Wildman–Crippen LogP) is 1.50. The fourth-order valence-corrected chi connectivity index (χ4v) is 3.22. The van der Waals surface area contributed by atoms with Gasteiger partial charge < -0.3 is 4.90 Å². The molecule has 0 bridgehead atoms. The van der Waals surface area contributed by atoms with Crippen LogP contribution >= 0.6 is 11.6 Å². The maximum atomic E-state index is 12.4. The van der Waals surface area contributed by atoms with E-state index in [1.807, 2.05) is 0 Å². The van der Waals surface area contributed by atoms with Gasteiger partial charge in [0.15, 0.2) is 0 Å². The van der Waals surface area contributed by atoms with Crippen LogP contribution < -0.4 is 4.31 Å². The van der Waals surface area contributed by atoms with Crippen LogP contribution in [0.1, 0.15) is 5.56 Å². The Labute approximate surface area is 146 Å². The Morgan fingerprint density at radius 1 is 1.38 bits per heavy atom. The third kappa shape index (κ3) is 4.72. The molecule has 1 amide bonds. The first kappa shape index (κ1) is 18.3. The van der Waals surface area contributed by atoms with E-state index < -0.39 is 10.0 Å². The molecule has 0 spiro atoms. The highest BCUT2D eigenvalue weighted by molar-refractivity contribution is 7.92. The van der Waals surface area contributed by atoms with Gasteiger partial charge in [-0.1, -0.05) is 17.7 Å². The Morgan fingerprint density at radius 2 is 2.08 bits per heavy atom. The first-order valence-corrected chi connectivity index (χ1v) is 9.34.